The maximum absolute atomic E-state index is 12.4. The first-order valence-electron chi connectivity index (χ1n) is 11.5. The van der Waals surface area contributed by atoms with E-state index < -0.39 is 12.1 Å². The third kappa shape index (κ3) is 7.09. The number of rotatable bonds is 12. The van der Waals surface area contributed by atoms with Gasteiger partial charge in [0.05, 0.1) is 6.61 Å². The number of aliphatic carboxylic acids is 1. The largest absolute Gasteiger partial charge is 0.479 e. The number of unbranched alkanes of at least 4 members (excludes halogenated alkanes) is 2. The zero-order valence-corrected chi connectivity index (χ0v) is 19.0. The van der Waals surface area contributed by atoms with Crippen LogP contribution in [0.2, 0.25) is 0 Å². The van der Waals surface area contributed by atoms with Gasteiger partial charge in [0.2, 0.25) is 0 Å². The van der Waals surface area contributed by atoms with Gasteiger partial charge in [-0.3, -0.25) is 4.90 Å². The number of nitrogens with zero attached hydrogens (tertiary/aromatic N) is 1. The van der Waals surface area contributed by atoms with Crippen LogP contribution in [-0.4, -0.2) is 43.4 Å². The third-order valence-electron chi connectivity index (χ3n) is 5.81. The normalized spacial score (nSPS) is 14.1. The Morgan fingerprint density at radius 3 is 2.53 bits per heavy atom. The van der Waals surface area contributed by atoms with Gasteiger partial charge in [0.25, 0.3) is 0 Å². The van der Waals surface area contributed by atoms with Crippen LogP contribution in [0.15, 0.2) is 48.5 Å². The second-order valence-electron chi connectivity index (χ2n) is 8.55. The quantitative estimate of drug-likeness (QED) is 0.451. The lowest BCUT2D eigenvalue weighted by Crippen LogP contribution is -2.37. The van der Waals surface area contributed by atoms with E-state index in [0.29, 0.717) is 25.5 Å². The van der Waals surface area contributed by atoms with Crippen LogP contribution in [-0.2, 0) is 16.0 Å². The number of hydrogen-bond acceptors (Lipinski definition) is 3. The molecule has 2 aromatic rings. The van der Waals surface area contributed by atoms with E-state index in [1.165, 1.54) is 0 Å². The number of carboxylic acids is 1. The van der Waals surface area contributed by atoms with Gasteiger partial charge >= 0.3 is 12.0 Å². The molecule has 0 heterocycles. The number of anilines is 1. The Kier molecular flexibility index (Phi) is 8.68. The van der Waals surface area contributed by atoms with Crippen LogP contribution < -0.4 is 10.2 Å². The number of ether oxygens (including phenoxy) is 1. The van der Waals surface area contributed by atoms with E-state index in [9.17, 15) is 14.7 Å². The first-order chi connectivity index (χ1) is 15.5. The van der Waals surface area contributed by atoms with Gasteiger partial charge in [0.15, 0.2) is 6.10 Å². The summed E-state index contributed by atoms with van der Waals surface area (Å²) < 4.78 is 5.61. The number of carbonyl (C=O) groups excluding carboxylic acids is 1. The molecule has 0 unspecified atom stereocenters. The Labute approximate surface area is 190 Å². The van der Waals surface area contributed by atoms with Crippen LogP contribution in [0.3, 0.4) is 0 Å². The van der Waals surface area contributed by atoms with Crippen LogP contribution in [0, 0.1) is 5.92 Å². The molecule has 0 saturated heterocycles. The first-order valence-corrected chi connectivity index (χ1v) is 11.5. The molecule has 6 heteroatoms. The maximum atomic E-state index is 12.4. The van der Waals surface area contributed by atoms with Gasteiger partial charge in [0.1, 0.15) is 0 Å². The van der Waals surface area contributed by atoms with Crippen LogP contribution in [0.5, 0.6) is 0 Å². The minimum absolute atomic E-state index is 0.112. The summed E-state index contributed by atoms with van der Waals surface area (Å²) in [7, 11) is 1.77. The van der Waals surface area contributed by atoms with Gasteiger partial charge in [-0.2, -0.15) is 0 Å². The Balaban J connectivity index is 1.61. The van der Waals surface area contributed by atoms with Crippen LogP contribution >= 0.6 is 0 Å². The van der Waals surface area contributed by atoms with E-state index in [4.69, 9.17) is 4.74 Å². The zero-order chi connectivity index (χ0) is 22.9. The first kappa shape index (κ1) is 23.8. The molecule has 1 fully saturated rings. The van der Waals surface area contributed by atoms with Gasteiger partial charge in [-0.1, -0.05) is 56.2 Å². The topological polar surface area (TPSA) is 78.9 Å². The predicted molar refractivity (Wildman–Crippen MR) is 127 cm³/mol. The molecule has 32 heavy (non-hydrogen) atoms. The fraction of sp³-hybridized carbons (Fsp3) is 0.462. The van der Waals surface area contributed by atoms with E-state index >= 15 is 0 Å². The molecule has 1 saturated carbocycles. The Hall–Kier alpha value is -2.86. The molecule has 0 aromatic heterocycles. The van der Waals surface area contributed by atoms with E-state index in [1.54, 1.807) is 11.9 Å². The fourth-order valence-corrected chi connectivity index (χ4v) is 3.50. The van der Waals surface area contributed by atoms with Gasteiger partial charge in [-0.25, -0.2) is 9.59 Å². The van der Waals surface area contributed by atoms with Crippen molar-refractivity contribution in [3.63, 3.8) is 0 Å². The standard InChI is InChI=1S/C26H34N2O4/c1-3-4-5-15-27-26(31)28(2)23-8-6-7-22(17-23)21-13-11-19(12-14-21)16-24(25(29)30)32-18-20-9-10-20/h6-8,11-14,17,20,24H,3-5,9-10,15-16,18H2,1-2H3,(H,27,31)(H,29,30)/t24-/m0/s1. The number of amides is 2. The van der Waals surface area contributed by atoms with Crippen molar-refractivity contribution in [3.8, 4) is 11.1 Å². The zero-order valence-electron chi connectivity index (χ0n) is 19.0. The fourth-order valence-electron chi connectivity index (χ4n) is 3.50. The van der Waals surface area contributed by atoms with Gasteiger partial charge < -0.3 is 15.2 Å². The molecular formula is C26H34N2O4. The van der Waals surface area contributed by atoms with Crippen molar-refractivity contribution in [1.29, 1.82) is 0 Å². The number of benzene rings is 2. The maximum Gasteiger partial charge on any atom is 0.333 e. The molecule has 1 aliphatic carbocycles. The molecule has 6 nitrogen and oxygen atoms in total. The SMILES string of the molecule is CCCCCNC(=O)N(C)c1cccc(-c2ccc(C[C@H](OCC3CC3)C(=O)O)cc2)c1. The molecule has 1 aliphatic rings. The molecular weight excluding hydrogens is 404 g/mol. The monoisotopic (exact) mass is 438 g/mol. The molecule has 0 aliphatic heterocycles. The number of hydrogen-bond donors (Lipinski definition) is 2. The summed E-state index contributed by atoms with van der Waals surface area (Å²) in [5.74, 6) is -0.388. The highest BCUT2D eigenvalue weighted by atomic mass is 16.5. The van der Waals surface area contributed by atoms with Crippen molar-refractivity contribution in [2.75, 3.05) is 25.1 Å². The number of urea groups is 1. The van der Waals surface area contributed by atoms with Crippen molar-refractivity contribution in [2.45, 2.75) is 51.6 Å². The summed E-state index contributed by atoms with van der Waals surface area (Å²) in [6.45, 7) is 3.35. The van der Waals surface area contributed by atoms with E-state index in [2.05, 4.69) is 12.2 Å². The average Bonchev–Trinajstić information content (AvgIpc) is 3.63. The van der Waals surface area contributed by atoms with Gasteiger partial charge in [-0.15, -0.1) is 0 Å². The van der Waals surface area contributed by atoms with Gasteiger partial charge in [0, 0.05) is 25.7 Å². The smallest absolute Gasteiger partial charge is 0.333 e. The van der Waals surface area contributed by atoms with Crippen LogP contribution in [0.4, 0.5) is 10.5 Å². The van der Waals surface area contributed by atoms with E-state index in [1.807, 2.05) is 48.5 Å². The predicted octanol–water partition coefficient (Wildman–Crippen LogP) is 5.11. The molecule has 2 N–H and O–H groups in total. The highest BCUT2D eigenvalue weighted by Gasteiger charge is 2.26. The summed E-state index contributed by atoms with van der Waals surface area (Å²) in [6.07, 6.45) is 5.02. The number of carbonyl (C=O) groups is 2. The van der Waals surface area contributed by atoms with Crippen molar-refractivity contribution in [1.82, 2.24) is 5.32 Å². The summed E-state index contributed by atoms with van der Waals surface area (Å²) >= 11 is 0. The Morgan fingerprint density at radius 1 is 1.12 bits per heavy atom. The molecule has 2 amide bonds. The molecule has 0 bridgehead atoms. The summed E-state index contributed by atoms with van der Waals surface area (Å²) in [4.78, 5) is 25.6. The molecule has 1 atom stereocenters. The lowest BCUT2D eigenvalue weighted by atomic mass is 10.0. The van der Waals surface area contributed by atoms with Crippen molar-refractivity contribution < 1.29 is 19.4 Å². The summed E-state index contributed by atoms with van der Waals surface area (Å²) in [5, 5.41) is 12.4. The number of nitrogens with one attached hydrogen (secondary N) is 1. The highest BCUT2D eigenvalue weighted by Crippen LogP contribution is 2.29. The van der Waals surface area contributed by atoms with Gasteiger partial charge in [-0.05, 0) is 54.0 Å². The van der Waals surface area contributed by atoms with E-state index in [-0.39, 0.29) is 6.03 Å². The second kappa shape index (κ2) is 11.7. The number of carboxylic acid groups (broad SMARTS) is 1. The van der Waals surface area contributed by atoms with Crippen LogP contribution in [0.25, 0.3) is 11.1 Å². The Bertz CT molecular complexity index is 893. The van der Waals surface area contributed by atoms with Crippen LogP contribution in [0.1, 0.15) is 44.6 Å². The lowest BCUT2D eigenvalue weighted by molar-refractivity contribution is -0.150. The van der Waals surface area contributed by atoms with E-state index in [0.717, 1.165) is 54.5 Å². The Morgan fingerprint density at radius 2 is 1.88 bits per heavy atom. The summed E-state index contributed by atoms with van der Waals surface area (Å²) in [5.41, 5.74) is 3.76. The van der Waals surface area contributed by atoms with Crippen molar-refractivity contribution in [2.24, 2.45) is 5.92 Å². The molecule has 3 rings (SSSR count). The molecule has 0 spiro atoms. The molecule has 0 radical (unpaired) electrons. The minimum Gasteiger partial charge on any atom is -0.479 e. The second-order valence-corrected chi connectivity index (χ2v) is 8.55. The third-order valence-corrected chi connectivity index (χ3v) is 5.81. The van der Waals surface area contributed by atoms with Crippen molar-refractivity contribution in [3.05, 3.63) is 54.1 Å². The molecule has 2 aromatic carbocycles. The summed E-state index contributed by atoms with van der Waals surface area (Å²) in [6, 6.07) is 15.6. The molecule has 172 valence electrons. The minimum atomic E-state index is -0.918. The lowest BCUT2D eigenvalue weighted by Gasteiger charge is -2.19. The van der Waals surface area contributed by atoms with Crippen molar-refractivity contribution >= 4 is 17.7 Å². The average molecular weight is 439 g/mol. The highest BCUT2D eigenvalue weighted by molar-refractivity contribution is 5.92.